The van der Waals surface area contributed by atoms with Crippen LogP contribution in [0.1, 0.15) is 62.3 Å². The van der Waals surface area contributed by atoms with Crippen molar-refractivity contribution in [3.05, 3.63) is 181 Å². The maximum Gasteiger partial charge on any atom is 0.149 e. The number of fused-ring (bicyclic) bond motifs is 4. The van der Waals surface area contributed by atoms with E-state index in [2.05, 4.69) is 131 Å². The van der Waals surface area contributed by atoms with E-state index in [1.165, 1.54) is 5.56 Å². The van der Waals surface area contributed by atoms with Crippen molar-refractivity contribution in [1.82, 2.24) is 14.5 Å². The monoisotopic (exact) mass is 810 g/mol. The molecular formula is C57H49N3O2. The Balaban J connectivity index is 1.22. The molecule has 0 saturated carbocycles. The largest absolute Gasteiger partial charge is 0.507 e. The topological polar surface area (TPSA) is 64.1 Å². The second kappa shape index (κ2) is 14.7. The number of hydrogen-bond donors (Lipinski definition) is 1. The Bertz CT molecular complexity index is 3440. The molecule has 0 aliphatic heterocycles. The van der Waals surface area contributed by atoms with Gasteiger partial charge in [-0.05, 0) is 106 Å². The van der Waals surface area contributed by atoms with Gasteiger partial charge in [-0.25, -0.2) is 4.98 Å². The molecule has 3 heterocycles. The van der Waals surface area contributed by atoms with E-state index < -0.39 is 6.85 Å². The third-order valence-corrected chi connectivity index (χ3v) is 12.0. The van der Waals surface area contributed by atoms with E-state index in [4.69, 9.17) is 18.5 Å². The molecule has 0 unspecified atom stereocenters. The highest BCUT2D eigenvalue weighted by Gasteiger charge is 2.26. The van der Waals surface area contributed by atoms with Gasteiger partial charge in [0.05, 0.1) is 28.0 Å². The van der Waals surface area contributed by atoms with Gasteiger partial charge in [-0.3, -0.25) is 9.55 Å². The number of rotatable bonds is 6. The fourth-order valence-corrected chi connectivity index (χ4v) is 8.54. The number of imidazole rings is 1. The number of nitrogens with zero attached hydrogens (tertiary/aromatic N) is 3. The summed E-state index contributed by atoms with van der Waals surface area (Å²) >= 11 is 0. The average molecular weight is 811 g/mol. The summed E-state index contributed by atoms with van der Waals surface area (Å²) in [5, 5.41) is 13.9. The Labute approximate surface area is 367 Å². The van der Waals surface area contributed by atoms with Crippen LogP contribution in [0.25, 0.3) is 94.7 Å². The van der Waals surface area contributed by atoms with Crippen molar-refractivity contribution < 1.29 is 13.6 Å². The fraction of sp³-hybridized carbons (Fsp3) is 0.158. The molecule has 0 spiro atoms. The zero-order valence-electron chi connectivity index (χ0n) is 38.8. The Kier molecular flexibility index (Phi) is 8.44. The first kappa shape index (κ1) is 35.5. The van der Waals surface area contributed by atoms with E-state index >= 15 is 0 Å². The van der Waals surface area contributed by atoms with Crippen molar-refractivity contribution in [2.75, 3.05) is 0 Å². The van der Waals surface area contributed by atoms with E-state index in [9.17, 15) is 5.11 Å². The van der Waals surface area contributed by atoms with Crippen molar-refractivity contribution in [2.24, 2.45) is 0 Å². The summed E-state index contributed by atoms with van der Waals surface area (Å²) in [4.78, 5) is 10.4. The second-order valence-corrected chi connectivity index (χ2v) is 18.3. The van der Waals surface area contributed by atoms with Gasteiger partial charge in [-0.1, -0.05) is 144 Å². The molecule has 0 bridgehead atoms. The number of aryl methyl sites for hydroxylation is 1. The summed E-state index contributed by atoms with van der Waals surface area (Å²) in [6.45, 7) is 11.2. The van der Waals surface area contributed by atoms with Crippen LogP contribution >= 0.6 is 0 Å². The number of pyridine rings is 1. The third-order valence-electron chi connectivity index (χ3n) is 12.0. The van der Waals surface area contributed by atoms with Crippen LogP contribution in [0.3, 0.4) is 0 Å². The standard InChI is InChI=1S/C57H49N3O2/c1-35-20-22-36(23-21-35)38-26-27-58-48(31-38)40-28-39(29-42(30-40)57(5,6)7)43-17-13-18-50-54(43)59-55(47-33-46-44-16-11-12-19-52(44)62-53(46)34-51(47)61)60(50)49-25-24-41(56(2,3)4)32-45(49)37-14-9-8-10-15-37/h8-34,61H,1-7H3/i1D3. The number of hydrogen-bond acceptors (Lipinski definition) is 4. The molecule has 304 valence electrons. The molecule has 10 rings (SSSR count). The highest BCUT2D eigenvalue weighted by molar-refractivity contribution is 6.07. The summed E-state index contributed by atoms with van der Waals surface area (Å²) in [6, 6.07) is 52.8. The molecule has 0 radical (unpaired) electrons. The van der Waals surface area contributed by atoms with Gasteiger partial charge in [0.15, 0.2) is 0 Å². The summed E-state index contributed by atoms with van der Waals surface area (Å²) < 4.78 is 31.9. The number of aromatic nitrogens is 3. The zero-order chi connectivity index (χ0) is 45.4. The Morgan fingerprint density at radius 1 is 0.548 bits per heavy atom. The number of phenolic OH excluding ortho intramolecular Hbond substituents is 1. The van der Waals surface area contributed by atoms with Gasteiger partial charge in [0.1, 0.15) is 22.7 Å². The molecule has 0 fully saturated rings. The predicted octanol–water partition coefficient (Wildman–Crippen LogP) is 15.3. The Morgan fingerprint density at radius 2 is 1.31 bits per heavy atom. The van der Waals surface area contributed by atoms with Crippen LogP contribution in [0, 0.1) is 6.85 Å². The number of phenols is 1. The van der Waals surface area contributed by atoms with E-state index in [0.717, 1.165) is 83.3 Å². The van der Waals surface area contributed by atoms with Gasteiger partial charge in [-0.15, -0.1) is 0 Å². The SMILES string of the molecule is [2H]C([2H])([2H])c1ccc(-c2ccnc(-c3cc(-c4cccc5c4nc(-c4cc6c(cc4O)oc4ccccc46)n5-c4ccc(C(C)(C)C)cc4-c4ccccc4)cc(C(C)(C)C)c3)c2)cc1. The molecule has 3 aromatic heterocycles. The smallest absolute Gasteiger partial charge is 0.149 e. The molecule has 5 nitrogen and oxygen atoms in total. The molecule has 0 aliphatic rings. The van der Waals surface area contributed by atoms with Gasteiger partial charge in [0.25, 0.3) is 0 Å². The molecule has 5 heteroatoms. The molecule has 62 heavy (non-hydrogen) atoms. The lowest BCUT2D eigenvalue weighted by atomic mass is 9.83. The number of benzene rings is 7. The zero-order valence-corrected chi connectivity index (χ0v) is 35.8. The molecule has 0 atom stereocenters. The Hall–Kier alpha value is -7.24. The number of aromatic hydroxyl groups is 1. The Morgan fingerprint density at radius 3 is 2.08 bits per heavy atom. The van der Waals surface area contributed by atoms with Crippen LogP contribution in [0.2, 0.25) is 0 Å². The maximum atomic E-state index is 12.0. The minimum absolute atomic E-state index is 0.0678. The molecule has 7 aromatic carbocycles. The summed E-state index contributed by atoms with van der Waals surface area (Å²) in [7, 11) is 0. The molecular weight excluding hydrogens is 759 g/mol. The molecule has 0 saturated heterocycles. The number of para-hydroxylation sites is 2. The second-order valence-electron chi connectivity index (χ2n) is 18.3. The summed E-state index contributed by atoms with van der Waals surface area (Å²) in [5.74, 6) is 0.669. The van der Waals surface area contributed by atoms with Crippen LogP contribution in [0.4, 0.5) is 0 Å². The first-order valence-corrected chi connectivity index (χ1v) is 21.1. The van der Waals surface area contributed by atoms with Crippen LogP contribution in [0.5, 0.6) is 5.75 Å². The van der Waals surface area contributed by atoms with E-state index in [1.54, 1.807) is 18.2 Å². The first-order valence-electron chi connectivity index (χ1n) is 22.6. The lowest BCUT2D eigenvalue weighted by molar-refractivity contribution is 0.476. The third kappa shape index (κ3) is 6.94. The van der Waals surface area contributed by atoms with Crippen LogP contribution < -0.4 is 0 Å². The van der Waals surface area contributed by atoms with Crippen molar-refractivity contribution in [3.63, 3.8) is 0 Å². The minimum atomic E-state index is -2.17. The lowest BCUT2D eigenvalue weighted by Gasteiger charge is -2.23. The predicted molar refractivity (Wildman–Crippen MR) is 257 cm³/mol. The van der Waals surface area contributed by atoms with Crippen molar-refractivity contribution in [1.29, 1.82) is 0 Å². The van der Waals surface area contributed by atoms with E-state index in [1.807, 2.05) is 60.8 Å². The van der Waals surface area contributed by atoms with E-state index in [0.29, 0.717) is 22.5 Å². The first-order chi connectivity index (χ1) is 31.0. The van der Waals surface area contributed by atoms with Crippen molar-refractivity contribution in [2.45, 2.75) is 59.2 Å². The molecule has 10 aromatic rings. The van der Waals surface area contributed by atoms with E-state index in [-0.39, 0.29) is 16.6 Å². The average Bonchev–Trinajstić information content (AvgIpc) is 3.86. The maximum absolute atomic E-state index is 12.0. The van der Waals surface area contributed by atoms with Gasteiger partial charge >= 0.3 is 0 Å². The van der Waals surface area contributed by atoms with Gasteiger partial charge in [0, 0.05) is 43.8 Å². The molecule has 0 amide bonds. The lowest BCUT2D eigenvalue weighted by Crippen LogP contribution is -2.12. The molecule has 0 aliphatic carbocycles. The fourth-order valence-electron chi connectivity index (χ4n) is 8.54. The van der Waals surface area contributed by atoms with Gasteiger partial charge in [-0.2, -0.15) is 0 Å². The number of furan rings is 1. The quantitative estimate of drug-likeness (QED) is 0.182. The van der Waals surface area contributed by atoms with Crippen LogP contribution in [-0.2, 0) is 10.8 Å². The normalized spacial score (nSPS) is 13.1. The minimum Gasteiger partial charge on any atom is -0.507 e. The van der Waals surface area contributed by atoms with Gasteiger partial charge in [0.2, 0.25) is 0 Å². The molecule has 1 N–H and O–H groups in total. The van der Waals surface area contributed by atoms with Crippen molar-refractivity contribution >= 4 is 33.0 Å². The van der Waals surface area contributed by atoms with Gasteiger partial charge < -0.3 is 9.52 Å². The highest BCUT2D eigenvalue weighted by atomic mass is 16.3. The van der Waals surface area contributed by atoms with Crippen molar-refractivity contribution in [3.8, 4) is 67.5 Å². The van der Waals surface area contributed by atoms with Crippen LogP contribution in [-0.4, -0.2) is 19.6 Å². The summed E-state index contributed by atoms with van der Waals surface area (Å²) in [6.07, 6.45) is 1.81. The highest BCUT2D eigenvalue weighted by Crippen LogP contribution is 2.44. The summed E-state index contributed by atoms with van der Waals surface area (Å²) in [5.41, 5.74) is 14.5. The van der Waals surface area contributed by atoms with Crippen LogP contribution in [0.15, 0.2) is 168 Å².